The molecule has 186 valence electrons. The number of hydrogen-bond acceptors (Lipinski definition) is 4. The van der Waals surface area contributed by atoms with Gasteiger partial charge in [0.1, 0.15) is 0 Å². The molecule has 0 spiro atoms. The van der Waals surface area contributed by atoms with E-state index in [1.165, 1.54) is 10.4 Å². The Morgan fingerprint density at radius 1 is 0.886 bits per heavy atom. The highest BCUT2D eigenvalue weighted by molar-refractivity contribution is 7.89. The van der Waals surface area contributed by atoms with Crippen molar-refractivity contribution >= 4 is 28.7 Å². The van der Waals surface area contributed by atoms with Gasteiger partial charge in [-0.25, -0.2) is 13.1 Å². The van der Waals surface area contributed by atoms with E-state index in [0.717, 1.165) is 5.56 Å². The first-order chi connectivity index (χ1) is 16.6. The van der Waals surface area contributed by atoms with E-state index in [1.54, 1.807) is 12.1 Å². The summed E-state index contributed by atoms with van der Waals surface area (Å²) < 4.78 is 36.2. The van der Waals surface area contributed by atoms with E-state index in [0.29, 0.717) is 24.6 Å². The van der Waals surface area contributed by atoms with Crippen LogP contribution in [0.5, 0.6) is 0 Å². The molecule has 0 unspecified atom stereocenters. The summed E-state index contributed by atoms with van der Waals surface area (Å²) in [5, 5.41) is 5.69. The number of nitrogens with one attached hydrogen (secondary N) is 2. The Labute approximate surface area is 211 Å². The van der Waals surface area contributed by atoms with Crippen molar-refractivity contribution < 1.29 is 12.8 Å². The number of hydrogen-bond donors (Lipinski definition) is 2. The fourth-order valence-corrected chi connectivity index (χ4v) is 10.9. The highest BCUT2D eigenvalue weighted by atomic mass is 32.2. The molecule has 5 nitrogen and oxygen atoms in total. The lowest BCUT2D eigenvalue weighted by Gasteiger charge is -2.43. The lowest BCUT2D eigenvalue weighted by Crippen LogP contribution is -2.67. The first-order valence-corrected chi connectivity index (χ1v) is 15.6. The van der Waals surface area contributed by atoms with E-state index in [9.17, 15) is 8.42 Å². The molecule has 1 saturated heterocycles. The van der Waals surface area contributed by atoms with Crippen LogP contribution < -0.4 is 20.4 Å². The van der Waals surface area contributed by atoms with Crippen molar-refractivity contribution in [3.05, 3.63) is 90.5 Å². The molecule has 0 saturated carbocycles. The van der Waals surface area contributed by atoms with Gasteiger partial charge in [-0.3, -0.25) is 0 Å². The van der Waals surface area contributed by atoms with E-state index >= 15 is 0 Å². The summed E-state index contributed by atoms with van der Waals surface area (Å²) in [4.78, 5) is 0.293. The summed E-state index contributed by atoms with van der Waals surface area (Å²) in [5.74, 6) is 0.0249. The van der Waals surface area contributed by atoms with Gasteiger partial charge in [-0.1, -0.05) is 99.1 Å². The molecule has 0 aromatic heterocycles. The summed E-state index contributed by atoms with van der Waals surface area (Å²) in [5.41, 5.74) is 1.03. The third-order valence-corrected chi connectivity index (χ3v) is 13.4. The summed E-state index contributed by atoms with van der Waals surface area (Å²) >= 11 is 0. The maximum Gasteiger partial charge on any atom is 0.261 e. The number of sulfonamides is 1. The maximum atomic E-state index is 13.1. The molecule has 0 amide bonds. The molecule has 3 aromatic rings. The van der Waals surface area contributed by atoms with Crippen molar-refractivity contribution in [3.8, 4) is 0 Å². The Morgan fingerprint density at radius 2 is 1.43 bits per heavy atom. The van der Waals surface area contributed by atoms with Gasteiger partial charge in [0.2, 0.25) is 10.0 Å². The van der Waals surface area contributed by atoms with Gasteiger partial charge in [-0.15, -0.1) is 0 Å². The SMILES string of the molecule is Cc1ccc(S(=O)(=O)N[C@H]2CNC[C@@H]2CO[Si](c2ccccc2)(c2ccccc2)C(C)(C)C)cc1. The van der Waals surface area contributed by atoms with E-state index in [1.807, 2.05) is 31.2 Å². The maximum absolute atomic E-state index is 13.1. The molecule has 4 rings (SSSR count). The second-order valence-electron chi connectivity index (χ2n) is 10.4. The van der Waals surface area contributed by atoms with Crippen LogP contribution in [0.2, 0.25) is 5.04 Å². The Hall–Kier alpha value is -2.29. The summed E-state index contributed by atoms with van der Waals surface area (Å²) in [6, 6.07) is 27.8. The average molecular weight is 509 g/mol. The molecule has 35 heavy (non-hydrogen) atoms. The lowest BCUT2D eigenvalue weighted by molar-refractivity contribution is 0.230. The molecular formula is C28H36N2O3SSi. The predicted molar refractivity (Wildman–Crippen MR) is 145 cm³/mol. The van der Waals surface area contributed by atoms with Gasteiger partial charge in [0, 0.05) is 31.7 Å². The highest BCUT2D eigenvalue weighted by Gasteiger charge is 2.50. The van der Waals surface area contributed by atoms with Crippen LogP contribution >= 0.6 is 0 Å². The molecular weight excluding hydrogens is 472 g/mol. The Bertz CT molecular complexity index is 1170. The van der Waals surface area contributed by atoms with Crippen molar-refractivity contribution in [1.82, 2.24) is 10.0 Å². The van der Waals surface area contributed by atoms with Crippen molar-refractivity contribution in [3.63, 3.8) is 0 Å². The van der Waals surface area contributed by atoms with Gasteiger partial charge in [0.25, 0.3) is 8.32 Å². The van der Waals surface area contributed by atoms with E-state index in [-0.39, 0.29) is 17.0 Å². The predicted octanol–water partition coefficient (Wildman–Crippen LogP) is 3.44. The molecule has 1 aliphatic rings. The van der Waals surface area contributed by atoms with Crippen LogP contribution in [-0.4, -0.2) is 42.5 Å². The topological polar surface area (TPSA) is 67.4 Å². The van der Waals surface area contributed by atoms with Gasteiger partial charge in [0.05, 0.1) is 4.90 Å². The van der Waals surface area contributed by atoms with Gasteiger partial charge in [-0.2, -0.15) is 0 Å². The van der Waals surface area contributed by atoms with E-state index < -0.39 is 18.3 Å². The van der Waals surface area contributed by atoms with Crippen molar-refractivity contribution in [2.24, 2.45) is 5.92 Å². The third kappa shape index (κ3) is 5.44. The first-order valence-electron chi connectivity index (χ1n) is 12.2. The van der Waals surface area contributed by atoms with E-state index in [2.05, 4.69) is 79.3 Å². The van der Waals surface area contributed by atoms with Crippen LogP contribution in [0.4, 0.5) is 0 Å². The number of rotatable bonds is 8. The Kier molecular flexibility index (Phi) is 7.64. The van der Waals surface area contributed by atoms with Gasteiger partial charge < -0.3 is 9.74 Å². The molecule has 1 fully saturated rings. The number of aryl methyl sites for hydroxylation is 1. The van der Waals surface area contributed by atoms with E-state index in [4.69, 9.17) is 4.43 Å². The zero-order valence-corrected chi connectivity index (χ0v) is 22.8. The minimum absolute atomic E-state index is 0.0249. The smallest absolute Gasteiger partial charge is 0.261 e. The molecule has 7 heteroatoms. The quantitative estimate of drug-likeness (QED) is 0.458. The average Bonchev–Trinajstić information content (AvgIpc) is 3.26. The van der Waals surface area contributed by atoms with Crippen LogP contribution in [0.1, 0.15) is 26.3 Å². The van der Waals surface area contributed by atoms with Crippen LogP contribution in [0.15, 0.2) is 89.8 Å². The molecule has 0 radical (unpaired) electrons. The Morgan fingerprint density at radius 3 is 1.94 bits per heavy atom. The summed E-state index contributed by atoms with van der Waals surface area (Å²) in [7, 11) is -6.29. The molecule has 2 N–H and O–H groups in total. The van der Waals surface area contributed by atoms with Crippen molar-refractivity contribution in [1.29, 1.82) is 0 Å². The van der Waals surface area contributed by atoms with Crippen LogP contribution in [0, 0.1) is 12.8 Å². The lowest BCUT2D eigenvalue weighted by atomic mass is 10.1. The molecule has 0 bridgehead atoms. The first kappa shape index (κ1) is 25.8. The summed E-state index contributed by atoms with van der Waals surface area (Å²) in [6.45, 7) is 10.5. The zero-order valence-electron chi connectivity index (χ0n) is 21.0. The normalized spacial score (nSPS) is 19.1. The zero-order chi connectivity index (χ0) is 25.1. The highest BCUT2D eigenvalue weighted by Crippen LogP contribution is 2.37. The number of benzene rings is 3. The second kappa shape index (κ2) is 10.4. The fraction of sp³-hybridized carbons (Fsp3) is 0.357. The van der Waals surface area contributed by atoms with Gasteiger partial charge in [0.15, 0.2) is 0 Å². The van der Waals surface area contributed by atoms with Crippen LogP contribution in [-0.2, 0) is 14.4 Å². The van der Waals surface area contributed by atoms with Crippen molar-refractivity contribution in [2.45, 2.75) is 43.7 Å². The minimum Gasteiger partial charge on any atom is -0.407 e. The molecule has 0 aliphatic carbocycles. The Balaban J connectivity index is 1.62. The van der Waals surface area contributed by atoms with Crippen LogP contribution in [0.3, 0.4) is 0 Å². The third-order valence-electron chi connectivity index (χ3n) is 6.91. The molecule has 1 aliphatic heterocycles. The van der Waals surface area contributed by atoms with Crippen LogP contribution in [0.25, 0.3) is 0 Å². The van der Waals surface area contributed by atoms with Crippen molar-refractivity contribution in [2.75, 3.05) is 19.7 Å². The van der Waals surface area contributed by atoms with Gasteiger partial charge >= 0.3 is 0 Å². The molecule has 3 aromatic carbocycles. The largest absolute Gasteiger partial charge is 0.407 e. The van der Waals surface area contributed by atoms with Gasteiger partial charge in [-0.05, 0) is 34.5 Å². The molecule has 2 atom stereocenters. The standard InChI is InChI=1S/C28H36N2O3SSi/c1-22-15-17-24(18-16-22)34(31,32)30-27-20-29-19-23(27)21-33-35(28(2,3)4,25-11-7-5-8-12-25)26-13-9-6-10-14-26/h5-18,23,27,29-30H,19-21H2,1-4H3/t23-,27+/m1/s1. The minimum atomic E-state index is -3.61. The fourth-order valence-electron chi connectivity index (χ4n) is 5.02. The molecule has 1 heterocycles. The second-order valence-corrected chi connectivity index (χ2v) is 16.5. The summed E-state index contributed by atoms with van der Waals surface area (Å²) in [6.07, 6.45) is 0. The monoisotopic (exact) mass is 508 g/mol.